The SMILES string of the molecule is CCNC(=NCCC1CCN(CC)CC1)NC1CCN(CC(F)F)CC1. The van der Waals surface area contributed by atoms with Crippen molar-refractivity contribution < 1.29 is 8.78 Å². The second-order valence-corrected chi connectivity index (χ2v) is 7.54. The number of rotatable bonds is 8. The number of hydrogen-bond acceptors (Lipinski definition) is 3. The van der Waals surface area contributed by atoms with Crippen molar-refractivity contribution in [1.29, 1.82) is 0 Å². The van der Waals surface area contributed by atoms with Crippen LogP contribution in [0.1, 0.15) is 46.0 Å². The van der Waals surface area contributed by atoms with Crippen LogP contribution < -0.4 is 10.6 Å². The molecule has 152 valence electrons. The van der Waals surface area contributed by atoms with E-state index in [0.717, 1.165) is 63.9 Å². The third-order valence-corrected chi connectivity index (χ3v) is 5.63. The molecule has 2 fully saturated rings. The third kappa shape index (κ3) is 7.74. The first-order valence-corrected chi connectivity index (χ1v) is 10.4. The lowest BCUT2D eigenvalue weighted by Gasteiger charge is -2.33. The molecule has 0 aromatic heterocycles. The minimum absolute atomic E-state index is 0.0995. The average molecular weight is 374 g/mol. The van der Waals surface area contributed by atoms with Gasteiger partial charge in [-0.15, -0.1) is 0 Å². The monoisotopic (exact) mass is 373 g/mol. The van der Waals surface area contributed by atoms with Gasteiger partial charge in [0.15, 0.2) is 5.96 Å². The Morgan fingerprint density at radius 3 is 2.27 bits per heavy atom. The van der Waals surface area contributed by atoms with Crippen LogP contribution in [0.2, 0.25) is 0 Å². The molecule has 2 aliphatic heterocycles. The predicted octanol–water partition coefficient (Wildman–Crippen LogP) is 2.39. The van der Waals surface area contributed by atoms with E-state index in [2.05, 4.69) is 29.4 Å². The number of nitrogens with one attached hydrogen (secondary N) is 2. The minimum Gasteiger partial charge on any atom is -0.357 e. The van der Waals surface area contributed by atoms with Gasteiger partial charge in [-0.1, -0.05) is 6.92 Å². The quantitative estimate of drug-likeness (QED) is 0.506. The lowest BCUT2D eigenvalue weighted by Crippen LogP contribution is -2.49. The lowest BCUT2D eigenvalue weighted by molar-refractivity contribution is 0.0744. The van der Waals surface area contributed by atoms with Gasteiger partial charge in [-0.3, -0.25) is 9.89 Å². The number of guanidine groups is 1. The standard InChI is InChI=1S/C19H37F2N5/c1-3-22-19(23-10-5-16-6-11-25(4-2)12-7-16)24-17-8-13-26(14-9-17)15-18(20)21/h16-18H,3-15H2,1-2H3,(H2,22,23,24). The lowest BCUT2D eigenvalue weighted by atomic mass is 9.94. The molecular weight excluding hydrogens is 336 g/mol. The van der Waals surface area contributed by atoms with Crippen LogP contribution >= 0.6 is 0 Å². The number of alkyl halides is 2. The van der Waals surface area contributed by atoms with E-state index < -0.39 is 6.43 Å². The Morgan fingerprint density at radius 1 is 1.04 bits per heavy atom. The number of aliphatic imine (C=N–C) groups is 1. The summed E-state index contributed by atoms with van der Waals surface area (Å²) in [5, 5.41) is 6.83. The van der Waals surface area contributed by atoms with Crippen LogP contribution in [-0.2, 0) is 0 Å². The van der Waals surface area contributed by atoms with Gasteiger partial charge < -0.3 is 15.5 Å². The number of likely N-dealkylation sites (tertiary alicyclic amines) is 2. The summed E-state index contributed by atoms with van der Waals surface area (Å²) >= 11 is 0. The minimum atomic E-state index is -2.23. The second-order valence-electron chi connectivity index (χ2n) is 7.54. The fourth-order valence-electron chi connectivity index (χ4n) is 3.92. The zero-order chi connectivity index (χ0) is 18.8. The van der Waals surface area contributed by atoms with Crippen molar-refractivity contribution in [3.63, 3.8) is 0 Å². The molecule has 5 nitrogen and oxygen atoms in total. The van der Waals surface area contributed by atoms with Crippen molar-refractivity contribution in [2.75, 3.05) is 52.4 Å². The van der Waals surface area contributed by atoms with E-state index in [1.54, 1.807) is 0 Å². The summed E-state index contributed by atoms with van der Waals surface area (Å²) in [5.41, 5.74) is 0. The molecule has 0 bridgehead atoms. The van der Waals surface area contributed by atoms with Crippen LogP contribution in [0.5, 0.6) is 0 Å². The fourth-order valence-corrected chi connectivity index (χ4v) is 3.92. The third-order valence-electron chi connectivity index (χ3n) is 5.63. The molecule has 2 rings (SSSR count). The van der Waals surface area contributed by atoms with Gasteiger partial charge >= 0.3 is 0 Å². The highest BCUT2D eigenvalue weighted by molar-refractivity contribution is 5.80. The predicted molar refractivity (Wildman–Crippen MR) is 104 cm³/mol. The van der Waals surface area contributed by atoms with Gasteiger partial charge in [-0.25, -0.2) is 8.78 Å². The van der Waals surface area contributed by atoms with Gasteiger partial charge in [0, 0.05) is 32.2 Å². The summed E-state index contributed by atoms with van der Waals surface area (Å²) in [5.74, 6) is 1.67. The Morgan fingerprint density at radius 2 is 1.69 bits per heavy atom. The summed E-state index contributed by atoms with van der Waals surface area (Å²) in [7, 11) is 0. The van der Waals surface area contributed by atoms with E-state index in [0.29, 0.717) is 6.04 Å². The molecule has 2 saturated heterocycles. The van der Waals surface area contributed by atoms with E-state index in [4.69, 9.17) is 4.99 Å². The van der Waals surface area contributed by atoms with Gasteiger partial charge in [0.2, 0.25) is 0 Å². The van der Waals surface area contributed by atoms with Gasteiger partial charge in [-0.2, -0.15) is 0 Å². The summed E-state index contributed by atoms with van der Waals surface area (Å²) in [6.45, 7) is 11.0. The molecule has 0 atom stereocenters. The van der Waals surface area contributed by atoms with Crippen LogP contribution in [0, 0.1) is 5.92 Å². The number of hydrogen-bond donors (Lipinski definition) is 2. The molecule has 2 heterocycles. The molecular formula is C19H37F2N5. The van der Waals surface area contributed by atoms with E-state index in [9.17, 15) is 8.78 Å². The summed E-state index contributed by atoms with van der Waals surface area (Å²) in [6.07, 6.45) is 3.29. The Balaban J connectivity index is 1.70. The zero-order valence-corrected chi connectivity index (χ0v) is 16.5. The van der Waals surface area contributed by atoms with E-state index in [1.807, 2.05) is 4.90 Å². The van der Waals surface area contributed by atoms with Gasteiger partial charge in [-0.05, 0) is 64.6 Å². The van der Waals surface area contributed by atoms with Crippen LogP contribution in [-0.4, -0.2) is 80.6 Å². The van der Waals surface area contributed by atoms with Crippen LogP contribution in [0.25, 0.3) is 0 Å². The molecule has 0 aromatic carbocycles. The molecule has 2 aliphatic rings. The van der Waals surface area contributed by atoms with Gasteiger partial charge in [0.05, 0.1) is 6.54 Å². The summed E-state index contributed by atoms with van der Waals surface area (Å²) < 4.78 is 24.9. The van der Waals surface area contributed by atoms with E-state index in [1.165, 1.54) is 25.9 Å². The van der Waals surface area contributed by atoms with Crippen molar-refractivity contribution in [1.82, 2.24) is 20.4 Å². The highest BCUT2D eigenvalue weighted by Crippen LogP contribution is 2.20. The Kier molecular flexibility index (Phi) is 9.61. The molecule has 0 aliphatic carbocycles. The maximum atomic E-state index is 12.5. The van der Waals surface area contributed by atoms with Gasteiger partial charge in [0.1, 0.15) is 0 Å². The maximum Gasteiger partial charge on any atom is 0.251 e. The first-order chi connectivity index (χ1) is 12.6. The highest BCUT2D eigenvalue weighted by atomic mass is 19.3. The van der Waals surface area contributed by atoms with Crippen molar-refractivity contribution in [3.05, 3.63) is 0 Å². The normalized spacial score (nSPS) is 22.1. The van der Waals surface area contributed by atoms with Crippen LogP contribution in [0.15, 0.2) is 4.99 Å². The maximum absolute atomic E-state index is 12.5. The topological polar surface area (TPSA) is 42.9 Å². The zero-order valence-electron chi connectivity index (χ0n) is 16.5. The Bertz CT molecular complexity index is 403. The van der Waals surface area contributed by atoms with E-state index >= 15 is 0 Å². The second kappa shape index (κ2) is 11.7. The van der Waals surface area contributed by atoms with Crippen molar-refractivity contribution in [2.24, 2.45) is 10.9 Å². The van der Waals surface area contributed by atoms with Crippen molar-refractivity contribution >= 4 is 5.96 Å². The molecule has 0 aromatic rings. The first kappa shape index (κ1) is 21.4. The average Bonchev–Trinajstić information content (AvgIpc) is 2.63. The number of piperidine rings is 2. The van der Waals surface area contributed by atoms with Crippen LogP contribution in [0.3, 0.4) is 0 Å². The Hall–Kier alpha value is -0.950. The van der Waals surface area contributed by atoms with Crippen LogP contribution in [0.4, 0.5) is 8.78 Å². The number of nitrogens with zero attached hydrogens (tertiary/aromatic N) is 3. The molecule has 0 saturated carbocycles. The van der Waals surface area contributed by atoms with Gasteiger partial charge in [0.25, 0.3) is 6.43 Å². The molecule has 2 N–H and O–H groups in total. The van der Waals surface area contributed by atoms with E-state index in [-0.39, 0.29) is 6.54 Å². The summed E-state index contributed by atoms with van der Waals surface area (Å²) in [6, 6.07) is 0.328. The largest absolute Gasteiger partial charge is 0.357 e. The molecule has 0 radical (unpaired) electrons. The first-order valence-electron chi connectivity index (χ1n) is 10.4. The van der Waals surface area contributed by atoms with Crippen molar-refractivity contribution in [3.8, 4) is 0 Å². The Labute approximate surface area is 157 Å². The highest BCUT2D eigenvalue weighted by Gasteiger charge is 2.22. The van der Waals surface area contributed by atoms with Crippen molar-refractivity contribution in [2.45, 2.75) is 58.4 Å². The molecule has 0 amide bonds. The summed E-state index contributed by atoms with van der Waals surface area (Å²) in [4.78, 5) is 9.13. The fraction of sp³-hybridized carbons (Fsp3) is 0.947. The molecule has 7 heteroatoms. The molecule has 0 unspecified atom stereocenters. The molecule has 0 spiro atoms. The molecule has 26 heavy (non-hydrogen) atoms. The smallest absolute Gasteiger partial charge is 0.251 e. The number of halogens is 2.